The number of fused-ring (bicyclic) bond motifs is 1. The third-order valence-corrected chi connectivity index (χ3v) is 3.85. The normalized spacial score (nSPS) is 18.0. The van der Waals surface area contributed by atoms with Gasteiger partial charge in [-0.15, -0.1) is 10.1 Å². The van der Waals surface area contributed by atoms with Crippen LogP contribution in [0.15, 0.2) is 18.2 Å². The second kappa shape index (κ2) is 8.36. The number of rotatable bonds is 7. The zero-order valence-corrected chi connectivity index (χ0v) is 15.1. The first-order valence-electron chi connectivity index (χ1n) is 8.17. The molecule has 1 aromatic carbocycles. The molecule has 154 valence electrons. The summed E-state index contributed by atoms with van der Waals surface area (Å²) in [4.78, 5) is 25.5. The van der Waals surface area contributed by atoms with Crippen molar-refractivity contribution in [2.45, 2.75) is 32.0 Å². The molecule has 1 unspecified atom stereocenters. The number of aryl methyl sites for hydroxylation is 2. The van der Waals surface area contributed by atoms with Crippen LogP contribution in [0.1, 0.15) is 23.1 Å². The van der Waals surface area contributed by atoms with Gasteiger partial charge >= 0.3 is 12.3 Å². The smallest absolute Gasteiger partial charge is 0.469 e. The van der Waals surface area contributed by atoms with Crippen LogP contribution in [0.2, 0.25) is 0 Å². The summed E-state index contributed by atoms with van der Waals surface area (Å²) in [5.41, 5.74) is -0.981. The van der Waals surface area contributed by atoms with Crippen LogP contribution in [0.5, 0.6) is 5.75 Å². The Morgan fingerprint density at radius 2 is 1.96 bits per heavy atom. The number of alkyl halides is 3. The van der Waals surface area contributed by atoms with E-state index in [9.17, 15) is 28.1 Å². The fraction of sp³-hybridized carbons (Fsp3) is 0.471. The first-order valence-corrected chi connectivity index (χ1v) is 8.17. The van der Waals surface area contributed by atoms with Crippen LogP contribution < -0.4 is 4.74 Å². The highest BCUT2D eigenvalue weighted by Crippen LogP contribution is 2.43. The van der Waals surface area contributed by atoms with Gasteiger partial charge in [-0.2, -0.15) is 13.2 Å². The molecule has 1 aliphatic heterocycles. The summed E-state index contributed by atoms with van der Waals surface area (Å²) in [5, 5.41) is 8.94. The number of halogens is 3. The Hall–Kier alpha value is -2.98. The minimum Gasteiger partial charge on any atom is -0.469 e. The Bertz CT molecular complexity index is 779. The van der Waals surface area contributed by atoms with Gasteiger partial charge in [-0.05, 0) is 31.6 Å². The molecule has 0 N–H and O–H groups in total. The standard InChI is InChI=1S/C17H18F3NO7/c1-11-8-12(2)14-13(9-11)4-5-16(28-14,17(18,19)20)10-26-15(22)25-6-3-7-27-21(23)24/h4-5,8-9H,3,6-7,10H2,1-2H3. The predicted molar refractivity (Wildman–Crippen MR) is 89.2 cm³/mol. The van der Waals surface area contributed by atoms with Crippen molar-refractivity contribution in [1.29, 1.82) is 0 Å². The van der Waals surface area contributed by atoms with E-state index in [2.05, 4.69) is 14.3 Å². The molecule has 0 radical (unpaired) electrons. The summed E-state index contributed by atoms with van der Waals surface area (Å²) < 4.78 is 55.5. The largest absolute Gasteiger partial charge is 0.508 e. The first kappa shape index (κ1) is 21.3. The third kappa shape index (κ3) is 5.05. The van der Waals surface area contributed by atoms with E-state index in [-0.39, 0.29) is 25.4 Å². The molecule has 11 heteroatoms. The van der Waals surface area contributed by atoms with Gasteiger partial charge in [-0.3, -0.25) is 0 Å². The van der Waals surface area contributed by atoms with Gasteiger partial charge < -0.3 is 19.0 Å². The number of hydrogen-bond donors (Lipinski definition) is 0. The number of ether oxygens (including phenoxy) is 3. The summed E-state index contributed by atoms with van der Waals surface area (Å²) in [7, 11) is 0. The molecule has 0 amide bonds. The van der Waals surface area contributed by atoms with Crippen molar-refractivity contribution in [2.75, 3.05) is 19.8 Å². The van der Waals surface area contributed by atoms with Crippen molar-refractivity contribution in [3.63, 3.8) is 0 Å². The van der Waals surface area contributed by atoms with Crippen molar-refractivity contribution >= 4 is 12.2 Å². The summed E-state index contributed by atoms with van der Waals surface area (Å²) in [6, 6.07) is 3.36. The molecule has 0 aliphatic carbocycles. The monoisotopic (exact) mass is 405 g/mol. The number of carbonyl (C=O) groups is 1. The van der Waals surface area contributed by atoms with Gasteiger partial charge in [0.2, 0.25) is 0 Å². The maximum Gasteiger partial charge on any atom is 0.508 e. The van der Waals surface area contributed by atoms with E-state index in [4.69, 9.17) is 4.74 Å². The lowest BCUT2D eigenvalue weighted by atomic mass is 9.95. The average Bonchev–Trinajstić information content (AvgIpc) is 2.58. The van der Waals surface area contributed by atoms with Gasteiger partial charge in [-0.1, -0.05) is 17.7 Å². The SMILES string of the molecule is Cc1cc(C)c2c(c1)C=CC(COC(=O)OCCCO[N+](=O)[O-])(C(F)(F)F)O2. The molecular formula is C17H18F3NO7. The highest BCUT2D eigenvalue weighted by molar-refractivity contribution is 5.65. The molecular weight excluding hydrogens is 387 g/mol. The van der Waals surface area contributed by atoms with Gasteiger partial charge in [0.1, 0.15) is 12.4 Å². The predicted octanol–water partition coefficient (Wildman–Crippen LogP) is 3.76. The van der Waals surface area contributed by atoms with E-state index in [1.807, 2.05) is 6.92 Å². The molecule has 1 heterocycles. The second-order valence-corrected chi connectivity index (χ2v) is 6.12. The number of carbonyl (C=O) groups excluding carboxylic acids is 1. The summed E-state index contributed by atoms with van der Waals surface area (Å²) >= 11 is 0. The van der Waals surface area contributed by atoms with E-state index in [1.165, 1.54) is 6.08 Å². The Balaban J connectivity index is 2.02. The van der Waals surface area contributed by atoms with Crippen LogP contribution in [0, 0.1) is 24.0 Å². The Morgan fingerprint density at radius 1 is 1.25 bits per heavy atom. The van der Waals surface area contributed by atoms with E-state index in [0.29, 0.717) is 11.1 Å². The van der Waals surface area contributed by atoms with Gasteiger partial charge in [0.15, 0.2) is 0 Å². The van der Waals surface area contributed by atoms with Gasteiger partial charge in [0.05, 0.1) is 13.2 Å². The second-order valence-electron chi connectivity index (χ2n) is 6.12. The molecule has 0 spiro atoms. The summed E-state index contributed by atoms with van der Waals surface area (Å²) in [5.74, 6) is 0.0549. The van der Waals surface area contributed by atoms with E-state index in [1.54, 1.807) is 19.1 Å². The van der Waals surface area contributed by atoms with Crippen LogP contribution in [0.3, 0.4) is 0 Å². The minimum absolute atomic E-state index is 0.0250. The van der Waals surface area contributed by atoms with Gasteiger partial charge in [-0.25, -0.2) is 4.79 Å². The van der Waals surface area contributed by atoms with Crippen molar-refractivity contribution < 1.29 is 42.1 Å². The van der Waals surface area contributed by atoms with Crippen molar-refractivity contribution in [2.24, 2.45) is 0 Å². The van der Waals surface area contributed by atoms with Crippen LogP contribution in [-0.4, -0.2) is 42.8 Å². The molecule has 0 saturated heterocycles. The maximum atomic E-state index is 13.7. The molecule has 8 nitrogen and oxygen atoms in total. The van der Waals surface area contributed by atoms with Crippen molar-refractivity contribution in [3.8, 4) is 5.75 Å². The first-order chi connectivity index (χ1) is 13.0. The van der Waals surface area contributed by atoms with Crippen molar-refractivity contribution in [1.82, 2.24) is 0 Å². The van der Waals surface area contributed by atoms with E-state index >= 15 is 0 Å². The summed E-state index contributed by atoms with van der Waals surface area (Å²) in [6.07, 6.45) is -4.17. The number of hydrogen-bond acceptors (Lipinski definition) is 7. The van der Waals surface area contributed by atoms with E-state index < -0.39 is 29.6 Å². The topological polar surface area (TPSA) is 97.1 Å². The lowest BCUT2D eigenvalue weighted by molar-refractivity contribution is -0.757. The molecule has 2 rings (SSSR count). The van der Waals surface area contributed by atoms with Gasteiger partial charge in [0.25, 0.3) is 10.7 Å². The fourth-order valence-electron chi connectivity index (χ4n) is 2.56. The molecule has 1 aromatic rings. The molecule has 0 aromatic heterocycles. The number of nitrogens with zero attached hydrogens (tertiary/aromatic N) is 1. The summed E-state index contributed by atoms with van der Waals surface area (Å²) in [6.45, 7) is 1.64. The fourth-order valence-corrected chi connectivity index (χ4v) is 2.56. The lowest BCUT2D eigenvalue weighted by Gasteiger charge is -2.36. The lowest BCUT2D eigenvalue weighted by Crippen LogP contribution is -2.53. The molecule has 0 saturated carbocycles. The zero-order chi connectivity index (χ0) is 20.9. The van der Waals surface area contributed by atoms with Crippen LogP contribution in [0.25, 0.3) is 6.08 Å². The van der Waals surface area contributed by atoms with Gasteiger partial charge in [0, 0.05) is 12.0 Å². The Kier molecular flexibility index (Phi) is 6.37. The Labute approximate surface area is 157 Å². The van der Waals surface area contributed by atoms with E-state index in [0.717, 1.165) is 11.6 Å². The minimum atomic E-state index is -4.86. The van der Waals surface area contributed by atoms with Crippen LogP contribution >= 0.6 is 0 Å². The average molecular weight is 405 g/mol. The molecule has 0 bridgehead atoms. The van der Waals surface area contributed by atoms with Crippen LogP contribution in [0.4, 0.5) is 18.0 Å². The Morgan fingerprint density at radius 3 is 2.61 bits per heavy atom. The van der Waals surface area contributed by atoms with Crippen LogP contribution in [-0.2, 0) is 14.3 Å². The number of benzene rings is 1. The maximum absolute atomic E-state index is 13.7. The molecule has 1 aliphatic rings. The van der Waals surface area contributed by atoms with Crippen molar-refractivity contribution in [3.05, 3.63) is 45.0 Å². The molecule has 0 fully saturated rings. The quantitative estimate of drug-likeness (QED) is 0.295. The highest BCUT2D eigenvalue weighted by Gasteiger charge is 2.58. The molecule has 1 atom stereocenters. The highest BCUT2D eigenvalue weighted by atomic mass is 19.4. The third-order valence-electron chi connectivity index (χ3n) is 3.85. The molecule has 28 heavy (non-hydrogen) atoms. The zero-order valence-electron chi connectivity index (χ0n) is 15.1.